The first-order valence-electron chi connectivity index (χ1n) is 7.03. The van der Waals surface area contributed by atoms with Gasteiger partial charge in [0.1, 0.15) is 6.04 Å². The molecule has 19 heavy (non-hydrogen) atoms. The van der Waals surface area contributed by atoms with Crippen molar-refractivity contribution in [3.63, 3.8) is 0 Å². The van der Waals surface area contributed by atoms with Gasteiger partial charge in [-0.1, -0.05) is 6.92 Å². The number of amides is 2. The van der Waals surface area contributed by atoms with Crippen molar-refractivity contribution >= 4 is 12.0 Å². The van der Waals surface area contributed by atoms with Gasteiger partial charge in [-0.2, -0.15) is 0 Å². The van der Waals surface area contributed by atoms with Crippen LogP contribution in [0.4, 0.5) is 4.79 Å². The molecule has 2 aliphatic rings. The summed E-state index contributed by atoms with van der Waals surface area (Å²) in [6, 6.07) is -0.812. The fraction of sp³-hybridized carbons (Fsp3) is 0.846. The Bertz CT molecular complexity index is 361. The van der Waals surface area contributed by atoms with Crippen LogP contribution in [0.25, 0.3) is 0 Å². The zero-order valence-corrected chi connectivity index (χ0v) is 11.4. The van der Waals surface area contributed by atoms with Crippen molar-refractivity contribution in [1.82, 2.24) is 9.80 Å². The number of carboxylic acids is 1. The summed E-state index contributed by atoms with van der Waals surface area (Å²) >= 11 is 0. The molecule has 0 saturated carbocycles. The Balaban J connectivity index is 2.06. The number of carbonyl (C=O) groups excluding carboxylic acids is 1. The molecule has 108 valence electrons. The van der Waals surface area contributed by atoms with E-state index in [1.807, 2.05) is 6.92 Å². The highest BCUT2D eigenvalue weighted by molar-refractivity contribution is 5.83. The summed E-state index contributed by atoms with van der Waals surface area (Å²) in [4.78, 5) is 27.1. The number of likely N-dealkylation sites (tertiary alicyclic amines) is 2. The first-order valence-corrected chi connectivity index (χ1v) is 7.03. The van der Waals surface area contributed by atoms with Crippen LogP contribution in [0.2, 0.25) is 0 Å². The number of hydrogen-bond donors (Lipinski definition) is 2. The van der Waals surface area contributed by atoms with Gasteiger partial charge in [-0.15, -0.1) is 0 Å². The Morgan fingerprint density at radius 1 is 1.32 bits per heavy atom. The predicted octanol–water partition coefficient (Wildman–Crippen LogP) is 0.572. The number of piperidine rings is 1. The van der Waals surface area contributed by atoms with E-state index in [-0.39, 0.29) is 11.9 Å². The van der Waals surface area contributed by atoms with E-state index >= 15 is 0 Å². The first-order chi connectivity index (χ1) is 9.04. The van der Waals surface area contributed by atoms with Gasteiger partial charge in [0, 0.05) is 19.6 Å². The van der Waals surface area contributed by atoms with Gasteiger partial charge >= 0.3 is 12.0 Å². The van der Waals surface area contributed by atoms with Gasteiger partial charge in [0.15, 0.2) is 0 Å². The van der Waals surface area contributed by atoms with Crippen LogP contribution >= 0.6 is 0 Å². The van der Waals surface area contributed by atoms with Crippen molar-refractivity contribution in [3.8, 4) is 0 Å². The van der Waals surface area contributed by atoms with Crippen LogP contribution in [0.15, 0.2) is 0 Å². The molecule has 0 aliphatic carbocycles. The van der Waals surface area contributed by atoms with E-state index < -0.39 is 12.0 Å². The maximum atomic E-state index is 12.5. The third-order valence-electron chi connectivity index (χ3n) is 4.32. The van der Waals surface area contributed by atoms with Crippen molar-refractivity contribution in [3.05, 3.63) is 0 Å². The first kappa shape index (κ1) is 14.1. The molecule has 2 saturated heterocycles. The fourth-order valence-corrected chi connectivity index (χ4v) is 3.16. The second kappa shape index (κ2) is 5.77. The molecule has 3 atom stereocenters. The van der Waals surface area contributed by atoms with Crippen LogP contribution in [0.5, 0.6) is 0 Å². The van der Waals surface area contributed by atoms with Crippen LogP contribution in [0.1, 0.15) is 26.2 Å². The number of rotatable bonds is 2. The lowest BCUT2D eigenvalue weighted by molar-refractivity contribution is -0.145. The zero-order chi connectivity index (χ0) is 14.0. The maximum Gasteiger partial charge on any atom is 0.326 e. The maximum absolute atomic E-state index is 12.5. The summed E-state index contributed by atoms with van der Waals surface area (Å²) in [6.07, 6.45) is 2.67. The van der Waals surface area contributed by atoms with Crippen LogP contribution in [-0.2, 0) is 4.79 Å². The van der Waals surface area contributed by atoms with E-state index in [9.17, 15) is 14.7 Å². The van der Waals surface area contributed by atoms with Gasteiger partial charge in [-0.3, -0.25) is 0 Å². The van der Waals surface area contributed by atoms with Crippen LogP contribution in [-0.4, -0.2) is 59.1 Å². The zero-order valence-electron chi connectivity index (χ0n) is 11.4. The van der Waals surface area contributed by atoms with Crippen molar-refractivity contribution < 1.29 is 14.7 Å². The largest absolute Gasteiger partial charge is 0.480 e. The summed E-state index contributed by atoms with van der Waals surface area (Å²) in [5, 5.41) is 9.34. The van der Waals surface area contributed by atoms with Gasteiger partial charge in [0.25, 0.3) is 0 Å². The molecule has 2 aliphatic heterocycles. The molecule has 3 unspecified atom stereocenters. The molecule has 0 radical (unpaired) electrons. The molecule has 0 spiro atoms. The summed E-state index contributed by atoms with van der Waals surface area (Å²) in [5.74, 6) is -0.521. The highest BCUT2D eigenvalue weighted by Crippen LogP contribution is 2.26. The number of hydrogen-bond acceptors (Lipinski definition) is 3. The minimum atomic E-state index is -0.893. The summed E-state index contributed by atoms with van der Waals surface area (Å²) < 4.78 is 0. The smallest absolute Gasteiger partial charge is 0.326 e. The number of aliphatic carboxylic acids is 1. The van der Waals surface area contributed by atoms with Crippen molar-refractivity contribution in [2.45, 2.75) is 32.2 Å². The molecule has 3 N–H and O–H groups in total. The van der Waals surface area contributed by atoms with Crippen molar-refractivity contribution in [1.29, 1.82) is 0 Å². The van der Waals surface area contributed by atoms with E-state index in [2.05, 4.69) is 0 Å². The van der Waals surface area contributed by atoms with Crippen LogP contribution in [0.3, 0.4) is 0 Å². The number of urea groups is 1. The molecule has 6 nitrogen and oxygen atoms in total. The minimum Gasteiger partial charge on any atom is -0.480 e. The van der Waals surface area contributed by atoms with E-state index in [1.54, 1.807) is 4.90 Å². The average Bonchev–Trinajstić information content (AvgIpc) is 2.85. The number of carbonyl (C=O) groups is 2. The predicted molar refractivity (Wildman–Crippen MR) is 70.7 cm³/mol. The van der Waals surface area contributed by atoms with Gasteiger partial charge in [-0.05, 0) is 37.6 Å². The molecule has 2 amide bonds. The molecule has 2 rings (SSSR count). The standard InChI is InChI=1S/C13H23N3O3/c1-9-3-2-5-16(11(9)12(17)18)13(19)15-6-4-10(7-14)8-15/h9-11H,2-8,14H2,1H3,(H,17,18). The van der Waals surface area contributed by atoms with Crippen LogP contribution in [0, 0.1) is 11.8 Å². The number of carboxylic acid groups (broad SMARTS) is 1. The minimum absolute atomic E-state index is 0.0168. The Morgan fingerprint density at radius 2 is 2.05 bits per heavy atom. The van der Waals surface area contributed by atoms with Gasteiger partial charge < -0.3 is 20.6 Å². The molecule has 2 heterocycles. The highest BCUT2D eigenvalue weighted by atomic mass is 16.4. The van der Waals surface area contributed by atoms with Crippen molar-refractivity contribution in [2.75, 3.05) is 26.2 Å². The van der Waals surface area contributed by atoms with E-state index in [0.29, 0.717) is 32.1 Å². The van der Waals surface area contributed by atoms with E-state index in [4.69, 9.17) is 5.73 Å². The SMILES string of the molecule is CC1CCCN(C(=O)N2CCC(CN)C2)C1C(=O)O. The quantitative estimate of drug-likeness (QED) is 0.767. The van der Waals surface area contributed by atoms with Gasteiger partial charge in [0.05, 0.1) is 0 Å². The number of nitrogens with zero attached hydrogens (tertiary/aromatic N) is 2. The molecular weight excluding hydrogens is 246 g/mol. The second-order valence-electron chi connectivity index (χ2n) is 5.71. The Hall–Kier alpha value is -1.30. The summed E-state index contributed by atoms with van der Waals surface area (Å²) in [5.41, 5.74) is 5.63. The van der Waals surface area contributed by atoms with Gasteiger partial charge in [0.2, 0.25) is 0 Å². The number of nitrogens with two attached hydrogens (primary N) is 1. The average molecular weight is 269 g/mol. The van der Waals surface area contributed by atoms with E-state index in [1.165, 1.54) is 4.90 Å². The molecular formula is C13H23N3O3. The monoisotopic (exact) mass is 269 g/mol. The lowest BCUT2D eigenvalue weighted by atomic mass is 9.91. The lowest BCUT2D eigenvalue weighted by Gasteiger charge is -2.39. The third-order valence-corrected chi connectivity index (χ3v) is 4.32. The topological polar surface area (TPSA) is 86.9 Å². The lowest BCUT2D eigenvalue weighted by Crippen LogP contribution is -2.55. The Kier molecular flexibility index (Phi) is 4.29. The highest BCUT2D eigenvalue weighted by Gasteiger charge is 2.40. The molecule has 0 aromatic carbocycles. The van der Waals surface area contributed by atoms with Crippen LogP contribution < -0.4 is 5.73 Å². The van der Waals surface area contributed by atoms with Crippen molar-refractivity contribution in [2.24, 2.45) is 17.6 Å². The molecule has 0 aromatic heterocycles. The second-order valence-corrected chi connectivity index (χ2v) is 5.71. The molecule has 0 aromatic rings. The normalized spacial score (nSPS) is 31.6. The molecule has 0 bridgehead atoms. The van der Waals surface area contributed by atoms with Gasteiger partial charge in [-0.25, -0.2) is 9.59 Å². The summed E-state index contributed by atoms with van der Waals surface area (Å²) in [7, 11) is 0. The Labute approximate surface area is 113 Å². The Morgan fingerprint density at radius 3 is 2.63 bits per heavy atom. The summed E-state index contributed by atoms with van der Waals surface area (Å²) in [6.45, 7) is 4.39. The van der Waals surface area contributed by atoms with E-state index in [0.717, 1.165) is 19.3 Å². The molecule has 6 heteroatoms. The molecule has 2 fully saturated rings. The third kappa shape index (κ3) is 2.83. The fourth-order valence-electron chi connectivity index (χ4n) is 3.16.